The Morgan fingerprint density at radius 2 is 2.46 bits per heavy atom. The summed E-state index contributed by atoms with van der Waals surface area (Å²) in [7, 11) is 0. The monoisotopic (exact) mass is 176 g/mol. The van der Waals surface area contributed by atoms with E-state index in [9.17, 15) is 4.79 Å². The van der Waals surface area contributed by atoms with Gasteiger partial charge in [0.25, 0.3) is 0 Å². The second-order valence-corrected chi connectivity index (χ2v) is 2.49. The van der Waals surface area contributed by atoms with Crippen LogP contribution in [-0.2, 0) is 0 Å². The molecule has 64 valence electrons. The van der Waals surface area contributed by atoms with Gasteiger partial charge >= 0.3 is 5.97 Å². The number of nitriles is 1. The van der Waals surface area contributed by atoms with Crippen LogP contribution < -0.4 is 0 Å². The van der Waals surface area contributed by atoms with Gasteiger partial charge in [-0.2, -0.15) is 5.26 Å². The Morgan fingerprint density at radius 3 is 3.08 bits per heavy atom. The molecule has 0 amide bonds. The molecule has 0 aliphatic heterocycles. The van der Waals surface area contributed by atoms with Crippen molar-refractivity contribution in [2.45, 2.75) is 0 Å². The Kier molecular flexibility index (Phi) is 1.36. The summed E-state index contributed by atoms with van der Waals surface area (Å²) in [4.78, 5) is 13.1. The zero-order valence-electron chi connectivity index (χ0n) is 6.37. The molecular weight excluding hydrogens is 172 g/mol. The first-order valence-corrected chi connectivity index (χ1v) is 3.46. The van der Waals surface area contributed by atoms with Crippen LogP contribution in [0.3, 0.4) is 0 Å². The van der Waals surface area contributed by atoms with Crippen molar-refractivity contribution in [3.8, 4) is 6.07 Å². The number of H-pyrrole nitrogens is 1. The summed E-state index contributed by atoms with van der Waals surface area (Å²) in [6.07, 6.45) is 1.28. The van der Waals surface area contributed by atoms with E-state index < -0.39 is 5.97 Å². The summed E-state index contributed by atoms with van der Waals surface area (Å²) in [5.41, 5.74) is 1.14. The number of carboxylic acid groups (broad SMARTS) is 1. The Hall–Kier alpha value is -2.22. The van der Waals surface area contributed by atoms with E-state index in [0.29, 0.717) is 16.7 Å². The van der Waals surface area contributed by atoms with Crippen molar-refractivity contribution in [3.63, 3.8) is 0 Å². The van der Waals surface area contributed by atoms with Gasteiger partial charge in [0.15, 0.2) is 5.58 Å². The van der Waals surface area contributed by atoms with Crippen molar-refractivity contribution in [1.82, 2.24) is 4.98 Å². The summed E-state index contributed by atoms with van der Waals surface area (Å²) in [6.45, 7) is 0. The average molecular weight is 176 g/mol. The van der Waals surface area contributed by atoms with E-state index in [1.54, 1.807) is 0 Å². The zero-order valence-corrected chi connectivity index (χ0v) is 6.37. The number of fused-ring (bicyclic) bond motifs is 1. The molecule has 5 heteroatoms. The molecule has 2 rings (SSSR count). The highest BCUT2D eigenvalue weighted by Crippen LogP contribution is 2.20. The molecule has 0 aromatic carbocycles. The minimum absolute atomic E-state index is 0.0193. The van der Waals surface area contributed by atoms with Gasteiger partial charge < -0.3 is 14.5 Å². The smallest absolute Gasteiger partial charge is 0.352 e. The minimum Gasteiger partial charge on any atom is -0.477 e. The number of carboxylic acids is 1. The molecule has 0 aliphatic rings. The average Bonchev–Trinajstić information content (AvgIpc) is 2.60. The molecule has 13 heavy (non-hydrogen) atoms. The largest absolute Gasteiger partial charge is 0.477 e. The minimum atomic E-state index is -1.07. The number of nitrogens with one attached hydrogen (secondary N) is 1. The van der Waals surface area contributed by atoms with E-state index in [2.05, 4.69) is 4.98 Å². The molecule has 0 atom stereocenters. The van der Waals surface area contributed by atoms with Gasteiger partial charge in [0.1, 0.15) is 29.1 Å². The van der Waals surface area contributed by atoms with Gasteiger partial charge in [0, 0.05) is 6.07 Å². The topological polar surface area (TPSA) is 90.0 Å². The van der Waals surface area contributed by atoms with Crippen LogP contribution in [-0.4, -0.2) is 16.1 Å². The third-order valence-electron chi connectivity index (χ3n) is 1.71. The molecule has 0 unspecified atom stereocenters. The van der Waals surface area contributed by atoms with Crippen LogP contribution >= 0.6 is 0 Å². The Labute approximate surface area is 72.2 Å². The molecule has 0 spiro atoms. The van der Waals surface area contributed by atoms with Gasteiger partial charge in [-0.1, -0.05) is 0 Å². The summed E-state index contributed by atoms with van der Waals surface area (Å²) in [6, 6.07) is 3.23. The molecule has 0 aliphatic carbocycles. The van der Waals surface area contributed by atoms with Crippen LogP contribution in [0.2, 0.25) is 0 Å². The molecule has 0 fully saturated rings. The maximum absolute atomic E-state index is 10.5. The predicted octanol–water partition coefficient (Wildman–Crippen LogP) is 1.33. The van der Waals surface area contributed by atoms with Crippen molar-refractivity contribution in [3.05, 3.63) is 23.6 Å². The van der Waals surface area contributed by atoms with E-state index in [1.165, 1.54) is 12.3 Å². The first kappa shape index (κ1) is 7.43. The SMILES string of the molecule is N#Cc1coc2cc(C(=O)O)[nH]c12. The maximum Gasteiger partial charge on any atom is 0.352 e. The van der Waals surface area contributed by atoms with Gasteiger partial charge in [-0.3, -0.25) is 0 Å². The number of hydrogen-bond donors (Lipinski definition) is 2. The number of aromatic nitrogens is 1. The molecule has 0 bridgehead atoms. The molecule has 2 heterocycles. The van der Waals surface area contributed by atoms with Crippen molar-refractivity contribution < 1.29 is 14.3 Å². The van der Waals surface area contributed by atoms with Crippen LogP contribution in [0.5, 0.6) is 0 Å². The lowest BCUT2D eigenvalue weighted by Crippen LogP contribution is -1.95. The van der Waals surface area contributed by atoms with Gasteiger partial charge in [0.2, 0.25) is 0 Å². The highest BCUT2D eigenvalue weighted by Gasteiger charge is 2.12. The number of aromatic amines is 1. The summed E-state index contributed by atoms with van der Waals surface area (Å²) < 4.78 is 4.95. The van der Waals surface area contributed by atoms with Gasteiger partial charge in [-0.15, -0.1) is 0 Å². The van der Waals surface area contributed by atoms with Gasteiger partial charge in [0.05, 0.1) is 0 Å². The van der Waals surface area contributed by atoms with Crippen molar-refractivity contribution in [1.29, 1.82) is 5.26 Å². The van der Waals surface area contributed by atoms with Crippen molar-refractivity contribution in [2.75, 3.05) is 0 Å². The molecule has 2 aromatic heterocycles. The number of hydrogen-bond acceptors (Lipinski definition) is 3. The number of rotatable bonds is 1. The number of nitrogens with zero attached hydrogens (tertiary/aromatic N) is 1. The van der Waals surface area contributed by atoms with Crippen LogP contribution in [0.1, 0.15) is 16.1 Å². The van der Waals surface area contributed by atoms with Crippen molar-refractivity contribution >= 4 is 17.1 Å². The van der Waals surface area contributed by atoms with E-state index in [0.717, 1.165) is 0 Å². The van der Waals surface area contributed by atoms with Crippen molar-refractivity contribution in [2.24, 2.45) is 0 Å². The first-order valence-electron chi connectivity index (χ1n) is 3.46. The van der Waals surface area contributed by atoms with E-state index >= 15 is 0 Å². The second kappa shape index (κ2) is 2.38. The molecule has 5 nitrogen and oxygen atoms in total. The van der Waals surface area contributed by atoms with Crippen LogP contribution in [0, 0.1) is 11.3 Å². The lowest BCUT2D eigenvalue weighted by Gasteiger charge is -1.83. The molecule has 2 N–H and O–H groups in total. The van der Waals surface area contributed by atoms with E-state index in [1.807, 2.05) is 6.07 Å². The van der Waals surface area contributed by atoms with Crippen LogP contribution in [0.15, 0.2) is 16.7 Å². The Bertz CT molecular complexity index is 515. The lowest BCUT2D eigenvalue weighted by molar-refractivity contribution is 0.0691. The summed E-state index contributed by atoms with van der Waals surface area (Å²) in [5, 5.41) is 17.2. The predicted molar refractivity (Wildman–Crippen MR) is 42.2 cm³/mol. The quantitative estimate of drug-likeness (QED) is 0.685. The highest BCUT2D eigenvalue weighted by molar-refractivity contribution is 5.93. The molecule has 2 aromatic rings. The Morgan fingerprint density at radius 1 is 1.69 bits per heavy atom. The fraction of sp³-hybridized carbons (Fsp3) is 0. The zero-order chi connectivity index (χ0) is 9.42. The molecular formula is C8H4N2O3. The Balaban J connectivity index is 2.71. The molecule has 0 saturated heterocycles. The number of furan rings is 1. The lowest BCUT2D eigenvalue weighted by atomic mass is 10.3. The number of carbonyl (C=O) groups is 1. The first-order chi connectivity index (χ1) is 6.22. The molecule has 0 saturated carbocycles. The normalized spacial score (nSPS) is 10.1. The van der Waals surface area contributed by atoms with Crippen LogP contribution in [0.25, 0.3) is 11.1 Å². The highest BCUT2D eigenvalue weighted by atomic mass is 16.4. The number of aromatic carboxylic acids is 1. The summed E-state index contributed by atoms with van der Waals surface area (Å²) >= 11 is 0. The maximum atomic E-state index is 10.5. The fourth-order valence-electron chi connectivity index (χ4n) is 1.11. The second-order valence-electron chi connectivity index (χ2n) is 2.49. The van der Waals surface area contributed by atoms with Crippen LogP contribution in [0.4, 0.5) is 0 Å². The summed E-state index contributed by atoms with van der Waals surface area (Å²) in [5.74, 6) is -1.07. The van der Waals surface area contributed by atoms with Gasteiger partial charge in [-0.25, -0.2) is 4.79 Å². The van der Waals surface area contributed by atoms with E-state index in [4.69, 9.17) is 14.8 Å². The third-order valence-corrected chi connectivity index (χ3v) is 1.71. The molecule has 0 radical (unpaired) electrons. The van der Waals surface area contributed by atoms with Gasteiger partial charge in [-0.05, 0) is 0 Å². The van der Waals surface area contributed by atoms with E-state index in [-0.39, 0.29) is 5.69 Å². The third kappa shape index (κ3) is 0.964. The fourth-order valence-corrected chi connectivity index (χ4v) is 1.11. The standard InChI is InChI=1S/C8H4N2O3/c9-2-4-3-13-6-1-5(8(11)12)10-7(4)6/h1,3,10H,(H,11,12).